The third kappa shape index (κ3) is 3.26. The summed E-state index contributed by atoms with van der Waals surface area (Å²) in [5, 5.41) is 0. The summed E-state index contributed by atoms with van der Waals surface area (Å²) in [6, 6.07) is 10.1. The highest BCUT2D eigenvalue weighted by Crippen LogP contribution is 2.41. The average Bonchev–Trinajstić information content (AvgIpc) is 3.05. The lowest BCUT2D eigenvalue weighted by molar-refractivity contribution is -0.660. The van der Waals surface area contributed by atoms with Gasteiger partial charge in [-0.1, -0.05) is 32.9 Å². The molecule has 28 heavy (non-hydrogen) atoms. The Balaban J connectivity index is 1.98. The standard InChI is InChI=1S/C26H31N2/c1-16-15-28(7)24(13-20(16)14-26(4,5)6)21-11-9-19-12-23-22(25(19)18(21)3)10-8-17(2)27-23/h8-11,13,15H,12,14H2,1-7H3/q+1/i1D3,14D2. The van der Waals surface area contributed by atoms with Crippen LogP contribution in [0, 0.1) is 26.1 Å². The maximum absolute atomic E-state index is 8.86. The van der Waals surface area contributed by atoms with Crippen molar-refractivity contribution in [2.45, 2.75) is 54.3 Å². The number of rotatable bonds is 2. The van der Waals surface area contributed by atoms with Gasteiger partial charge in [-0.05, 0) is 66.9 Å². The van der Waals surface area contributed by atoms with Gasteiger partial charge in [0.15, 0.2) is 6.20 Å². The molecule has 1 aliphatic rings. The van der Waals surface area contributed by atoms with Crippen LogP contribution in [0.3, 0.4) is 0 Å². The molecule has 0 saturated carbocycles. The van der Waals surface area contributed by atoms with Crippen molar-refractivity contribution in [1.29, 1.82) is 0 Å². The Morgan fingerprint density at radius 1 is 1.14 bits per heavy atom. The lowest BCUT2D eigenvalue weighted by Crippen LogP contribution is -2.32. The van der Waals surface area contributed by atoms with Gasteiger partial charge in [-0.25, -0.2) is 4.57 Å². The Morgan fingerprint density at radius 2 is 1.89 bits per heavy atom. The molecule has 0 saturated heterocycles. The Morgan fingerprint density at radius 3 is 2.61 bits per heavy atom. The van der Waals surface area contributed by atoms with Gasteiger partial charge in [-0.2, -0.15) is 0 Å². The molecule has 0 bridgehead atoms. The van der Waals surface area contributed by atoms with Gasteiger partial charge in [0.25, 0.3) is 0 Å². The van der Waals surface area contributed by atoms with Crippen LogP contribution in [-0.2, 0) is 19.8 Å². The van der Waals surface area contributed by atoms with E-state index >= 15 is 0 Å². The molecule has 0 N–H and O–H groups in total. The van der Waals surface area contributed by atoms with E-state index in [1.807, 2.05) is 24.6 Å². The molecule has 2 aromatic heterocycles. The molecule has 1 aliphatic carbocycles. The molecule has 4 rings (SSSR count). The highest BCUT2D eigenvalue weighted by molar-refractivity contribution is 5.83. The van der Waals surface area contributed by atoms with Crippen LogP contribution >= 0.6 is 0 Å². The Bertz CT molecular complexity index is 1270. The van der Waals surface area contributed by atoms with Crippen molar-refractivity contribution in [2.75, 3.05) is 0 Å². The van der Waals surface area contributed by atoms with E-state index in [-0.39, 0.29) is 11.1 Å². The van der Waals surface area contributed by atoms with Crippen LogP contribution in [-0.4, -0.2) is 4.98 Å². The molecule has 0 atom stereocenters. The van der Waals surface area contributed by atoms with Gasteiger partial charge in [0.1, 0.15) is 7.05 Å². The minimum Gasteiger partial charge on any atom is -0.257 e. The third-order valence-electron chi connectivity index (χ3n) is 5.35. The SMILES string of the molecule is [2H]C([2H])([2H])c1c[n+](C)c(-c2ccc3c(c2C)-c2ccc(C)nc2C3)cc1C([2H])([2H])C(C)(C)C. The lowest BCUT2D eigenvalue weighted by atomic mass is 9.86. The number of nitrogens with zero attached hydrogens (tertiary/aromatic N) is 2. The smallest absolute Gasteiger partial charge is 0.212 e. The number of fused-ring (bicyclic) bond motifs is 3. The van der Waals surface area contributed by atoms with Crippen molar-refractivity contribution < 1.29 is 11.4 Å². The Hall–Kier alpha value is -2.48. The fraction of sp³-hybridized carbons (Fsp3) is 0.385. The summed E-state index contributed by atoms with van der Waals surface area (Å²) in [5.74, 6) is 0. The molecule has 0 amide bonds. The molecule has 2 heterocycles. The number of benzene rings is 1. The molecule has 2 nitrogen and oxygen atoms in total. The molecular formula is C26H31N2+. The highest BCUT2D eigenvalue weighted by atomic mass is 14.9. The fourth-order valence-electron chi connectivity index (χ4n) is 4.15. The second kappa shape index (κ2) is 6.55. The van der Waals surface area contributed by atoms with Gasteiger partial charge >= 0.3 is 0 Å². The van der Waals surface area contributed by atoms with Gasteiger partial charge in [-0.3, -0.25) is 4.98 Å². The first-order chi connectivity index (χ1) is 15.1. The molecule has 144 valence electrons. The van der Waals surface area contributed by atoms with E-state index in [9.17, 15) is 0 Å². The van der Waals surface area contributed by atoms with Crippen LogP contribution in [0.1, 0.15) is 61.3 Å². The quantitative estimate of drug-likeness (QED) is 0.413. The normalized spacial score (nSPS) is 16.4. The molecule has 1 aromatic carbocycles. The van der Waals surface area contributed by atoms with Gasteiger partial charge in [0.2, 0.25) is 5.69 Å². The molecule has 0 unspecified atom stereocenters. The molecule has 0 radical (unpaired) electrons. The lowest BCUT2D eigenvalue weighted by Gasteiger charge is -2.20. The fourth-order valence-corrected chi connectivity index (χ4v) is 4.15. The number of aryl methyl sites for hydroxylation is 3. The third-order valence-corrected chi connectivity index (χ3v) is 5.35. The van der Waals surface area contributed by atoms with Crippen molar-refractivity contribution >= 4 is 0 Å². The second-order valence-electron chi connectivity index (χ2n) is 8.87. The topological polar surface area (TPSA) is 16.8 Å². The minimum atomic E-state index is -2.42. The zero-order valence-electron chi connectivity index (χ0n) is 22.6. The van der Waals surface area contributed by atoms with Crippen molar-refractivity contribution in [1.82, 2.24) is 4.98 Å². The zero-order chi connectivity index (χ0) is 24.5. The highest BCUT2D eigenvalue weighted by Gasteiger charge is 2.26. The van der Waals surface area contributed by atoms with Crippen molar-refractivity contribution in [3.8, 4) is 22.4 Å². The van der Waals surface area contributed by atoms with Gasteiger partial charge in [0, 0.05) is 41.7 Å². The summed E-state index contributed by atoms with van der Waals surface area (Å²) in [5.41, 5.74) is 7.98. The molecule has 0 fully saturated rings. The molecule has 2 heteroatoms. The Labute approximate surface area is 176 Å². The van der Waals surface area contributed by atoms with Crippen LogP contribution in [0.5, 0.6) is 0 Å². The number of pyridine rings is 2. The van der Waals surface area contributed by atoms with E-state index in [0.717, 1.165) is 40.2 Å². The zero-order valence-corrected chi connectivity index (χ0v) is 17.6. The molecular weight excluding hydrogens is 340 g/mol. The van der Waals surface area contributed by atoms with Crippen LogP contribution in [0.2, 0.25) is 0 Å². The van der Waals surface area contributed by atoms with Crippen LogP contribution in [0.25, 0.3) is 22.4 Å². The van der Waals surface area contributed by atoms with Crippen molar-refractivity contribution in [3.05, 3.63) is 70.2 Å². The first-order valence-corrected chi connectivity index (χ1v) is 9.77. The average molecular weight is 377 g/mol. The van der Waals surface area contributed by atoms with E-state index in [2.05, 4.69) is 25.1 Å². The second-order valence-corrected chi connectivity index (χ2v) is 8.87. The summed E-state index contributed by atoms with van der Waals surface area (Å²) < 4.78 is 43.7. The first kappa shape index (κ1) is 13.7. The maximum atomic E-state index is 8.86. The summed E-state index contributed by atoms with van der Waals surface area (Å²) in [6.07, 6.45) is 0.542. The van der Waals surface area contributed by atoms with E-state index in [1.54, 1.807) is 33.0 Å². The molecule has 0 aliphatic heterocycles. The maximum Gasteiger partial charge on any atom is 0.212 e. The van der Waals surface area contributed by atoms with Gasteiger partial charge in [0.05, 0.1) is 5.69 Å². The van der Waals surface area contributed by atoms with Crippen LogP contribution in [0.15, 0.2) is 36.5 Å². The summed E-state index contributed by atoms with van der Waals surface area (Å²) in [7, 11) is 1.83. The monoisotopic (exact) mass is 376 g/mol. The number of hydrogen-bond donors (Lipinski definition) is 0. The predicted molar refractivity (Wildman–Crippen MR) is 116 cm³/mol. The van der Waals surface area contributed by atoms with E-state index in [1.165, 1.54) is 11.1 Å². The first-order valence-electron chi connectivity index (χ1n) is 12.3. The Kier molecular flexibility index (Phi) is 3.19. The molecule has 3 aromatic rings. The van der Waals surface area contributed by atoms with Crippen LogP contribution in [0.4, 0.5) is 0 Å². The minimum absolute atomic E-state index is 0.0532. The van der Waals surface area contributed by atoms with Crippen molar-refractivity contribution in [2.24, 2.45) is 12.5 Å². The summed E-state index contributed by atoms with van der Waals surface area (Å²) in [4.78, 5) is 4.72. The van der Waals surface area contributed by atoms with E-state index < -0.39 is 18.6 Å². The molecule has 0 spiro atoms. The van der Waals surface area contributed by atoms with Gasteiger partial charge < -0.3 is 0 Å². The largest absolute Gasteiger partial charge is 0.257 e. The number of hydrogen-bond acceptors (Lipinski definition) is 1. The van der Waals surface area contributed by atoms with E-state index in [4.69, 9.17) is 11.8 Å². The van der Waals surface area contributed by atoms with E-state index in [0.29, 0.717) is 0 Å². The van der Waals surface area contributed by atoms with Crippen LogP contribution < -0.4 is 4.57 Å². The predicted octanol–water partition coefficient (Wildman–Crippen LogP) is 5.66. The summed E-state index contributed by atoms with van der Waals surface area (Å²) >= 11 is 0. The summed E-state index contributed by atoms with van der Waals surface area (Å²) in [6.45, 7) is 7.07. The number of aromatic nitrogens is 2. The van der Waals surface area contributed by atoms with Crippen molar-refractivity contribution in [3.63, 3.8) is 0 Å². The van der Waals surface area contributed by atoms with Gasteiger partial charge in [-0.15, -0.1) is 0 Å².